The van der Waals surface area contributed by atoms with Gasteiger partial charge in [-0.25, -0.2) is 0 Å². The lowest BCUT2D eigenvalue weighted by Crippen LogP contribution is -2.50. The Kier molecular flexibility index (Phi) is 5.37. The van der Waals surface area contributed by atoms with E-state index in [-0.39, 0.29) is 11.4 Å². The molecular formula is C17H27N3O. The molecule has 0 aliphatic carbocycles. The molecule has 1 atom stereocenters. The number of rotatable bonds is 6. The summed E-state index contributed by atoms with van der Waals surface area (Å²) in [5, 5.41) is 3.09. The molecule has 1 aliphatic heterocycles. The Morgan fingerprint density at radius 2 is 2.05 bits per heavy atom. The van der Waals surface area contributed by atoms with Crippen molar-refractivity contribution in [2.24, 2.45) is 0 Å². The Morgan fingerprint density at radius 3 is 2.71 bits per heavy atom. The number of benzene rings is 1. The number of amides is 1. The second-order valence-corrected chi connectivity index (χ2v) is 6.52. The summed E-state index contributed by atoms with van der Waals surface area (Å²) in [6.45, 7) is 5.51. The van der Waals surface area contributed by atoms with E-state index in [2.05, 4.69) is 41.4 Å². The van der Waals surface area contributed by atoms with Gasteiger partial charge in [-0.1, -0.05) is 30.3 Å². The predicted octanol–water partition coefficient (Wildman–Crippen LogP) is 1.72. The monoisotopic (exact) mass is 289 g/mol. The largest absolute Gasteiger partial charge is 0.353 e. The number of nitrogens with one attached hydrogen (secondary N) is 1. The maximum atomic E-state index is 11.8. The van der Waals surface area contributed by atoms with E-state index in [0.29, 0.717) is 6.54 Å². The lowest BCUT2D eigenvalue weighted by molar-refractivity contribution is -0.122. The van der Waals surface area contributed by atoms with Gasteiger partial charge in [0.15, 0.2) is 0 Å². The molecular weight excluding hydrogens is 262 g/mol. The van der Waals surface area contributed by atoms with Crippen LogP contribution in [0.3, 0.4) is 0 Å². The van der Waals surface area contributed by atoms with E-state index in [9.17, 15) is 4.79 Å². The van der Waals surface area contributed by atoms with E-state index in [0.717, 1.165) is 26.1 Å². The SMILES string of the molecule is CN(C)CC(=O)NCC1(C)CCCN1Cc1ccccc1. The van der Waals surface area contributed by atoms with Crippen LogP contribution in [0.4, 0.5) is 0 Å². The highest BCUT2D eigenvalue weighted by molar-refractivity contribution is 5.78. The van der Waals surface area contributed by atoms with Gasteiger partial charge >= 0.3 is 0 Å². The second-order valence-electron chi connectivity index (χ2n) is 6.52. The molecule has 1 aromatic rings. The van der Waals surface area contributed by atoms with Crippen LogP contribution in [-0.2, 0) is 11.3 Å². The molecule has 1 fully saturated rings. The first kappa shape index (κ1) is 16.0. The summed E-state index contributed by atoms with van der Waals surface area (Å²) >= 11 is 0. The van der Waals surface area contributed by atoms with Crippen LogP contribution in [0.25, 0.3) is 0 Å². The summed E-state index contributed by atoms with van der Waals surface area (Å²) in [7, 11) is 3.83. The molecule has 1 saturated heterocycles. The van der Waals surface area contributed by atoms with Crippen LogP contribution in [0.2, 0.25) is 0 Å². The van der Waals surface area contributed by atoms with Crippen molar-refractivity contribution in [2.45, 2.75) is 31.8 Å². The van der Waals surface area contributed by atoms with Crippen LogP contribution in [0.1, 0.15) is 25.3 Å². The van der Waals surface area contributed by atoms with Crippen molar-refractivity contribution in [3.05, 3.63) is 35.9 Å². The smallest absolute Gasteiger partial charge is 0.234 e. The quantitative estimate of drug-likeness (QED) is 0.866. The van der Waals surface area contributed by atoms with Crippen LogP contribution in [-0.4, -0.2) is 55.0 Å². The predicted molar refractivity (Wildman–Crippen MR) is 86.1 cm³/mol. The van der Waals surface area contributed by atoms with Gasteiger partial charge in [-0.2, -0.15) is 0 Å². The third-order valence-corrected chi connectivity index (χ3v) is 4.25. The van der Waals surface area contributed by atoms with E-state index in [1.54, 1.807) is 0 Å². The Balaban J connectivity index is 1.91. The van der Waals surface area contributed by atoms with Gasteiger partial charge in [0.2, 0.25) is 5.91 Å². The van der Waals surface area contributed by atoms with Gasteiger partial charge < -0.3 is 10.2 Å². The topological polar surface area (TPSA) is 35.6 Å². The van der Waals surface area contributed by atoms with Crippen molar-refractivity contribution < 1.29 is 4.79 Å². The standard InChI is InChI=1S/C17H27N3O/c1-17(14-18-16(21)13-19(2)3)10-7-11-20(17)12-15-8-5-4-6-9-15/h4-6,8-9H,7,10-14H2,1-3H3,(H,18,21). The summed E-state index contributed by atoms with van der Waals surface area (Å²) in [6, 6.07) is 10.6. The zero-order chi connectivity index (χ0) is 15.3. The molecule has 21 heavy (non-hydrogen) atoms. The van der Waals surface area contributed by atoms with Crippen LogP contribution in [0.5, 0.6) is 0 Å². The molecule has 0 saturated carbocycles. The van der Waals surface area contributed by atoms with Gasteiger partial charge in [-0.3, -0.25) is 9.69 Å². The Hall–Kier alpha value is -1.39. The molecule has 4 nitrogen and oxygen atoms in total. The molecule has 0 radical (unpaired) electrons. The number of carbonyl (C=O) groups is 1. The number of nitrogens with zero attached hydrogens (tertiary/aromatic N) is 2. The van der Waals surface area contributed by atoms with Crippen LogP contribution >= 0.6 is 0 Å². The summed E-state index contributed by atoms with van der Waals surface area (Å²) in [5.74, 6) is 0.104. The number of likely N-dealkylation sites (tertiary alicyclic amines) is 1. The minimum absolute atomic E-state index is 0.0673. The first-order valence-corrected chi connectivity index (χ1v) is 7.70. The average molecular weight is 289 g/mol. The molecule has 0 aromatic heterocycles. The van der Waals surface area contributed by atoms with Crippen molar-refractivity contribution in [1.29, 1.82) is 0 Å². The minimum Gasteiger partial charge on any atom is -0.353 e. The lowest BCUT2D eigenvalue weighted by atomic mass is 9.98. The summed E-state index contributed by atoms with van der Waals surface area (Å²) in [6.07, 6.45) is 2.34. The maximum Gasteiger partial charge on any atom is 0.234 e. The van der Waals surface area contributed by atoms with Crippen LogP contribution in [0.15, 0.2) is 30.3 Å². The van der Waals surface area contributed by atoms with Gasteiger partial charge in [-0.15, -0.1) is 0 Å². The number of likely N-dealkylation sites (N-methyl/N-ethyl adjacent to an activating group) is 1. The van der Waals surface area contributed by atoms with E-state index in [1.165, 1.54) is 12.0 Å². The van der Waals surface area contributed by atoms with E-state index >= 15 is 0 Å². The van der Waals surface area contributed by atoms with Crippen LogP contribution in [0, 0.1) is 0 Å². The number of hydrogen-bond donors (Lipinski definition) is 1. The fourth-order valence-electron chi connectivity index (χ4n) is 2.98. The molecule has 0 bridgehead atoms. The maximum absolute atomic E-state index is 11.8. The zero-order valence-corrected chi connectivity index (χ0v) is 13.4. The van der Waals surface area contributed by atoms with Crippen molar-refractivity contribution in [1.82, 2.24) is 15.1 Å². The third kappa shape index (κ3) is 4.55. The molecule has 1 unspecified atom stereocenters. The Morgan fingerprint density at radius 1 is 1.33 bits per heavy atom. The molecule has 1 aliphatic rings. The molecule has 1 heterocycles. The lowest BCUT2D eigenvalue weighted by Gasteiger charge is -2.35. The highest BCUT2D eigenvalue weighted by atomic mass is 16.2. The molecule has 2 rings (SSSR count). The van der Waals surface area contributed by atoms with Gasteiger partial charge in [-0.05, 0) is 46.0 Å². The minimum atomic E-state index is 0.0673. The second kappa shape index (κ2) is 7.05. The number of carbonyl (C=O) groups excluding carboxylic acids is 1. The molecule has 1 amide bonds. The Bertz CT molecular complexity index is 460. The molecule has 1 aromatic carbocycles. The molecule has 4 heteroatoms. The zero-order valence-electron chi connectivity index (χ0n) is 13.4. The molecule has 116 valence electrons. The van der Waals surface area contributed by atoms with E-state index in [1.807, 2.05) is 25.1 Å². The van der Waals surface area contributed by atoms with Crippen molar-refractivity contribution in [3.63, 3.8) is 0 Å². The summed E-state index contributed by atoms with van der Waals surface area (Å²) in [4.78, 5) is 16.2. The van der Waals surface area contributed by atoms with Gasteiger partial charge in [0.1, 0.15) is 0 Å². The van der Waals surface area contributed by atoms with Crippen LogP contribution < -0.4 is 5.32 Å². The first-order valence-electron chi connectivity index (χ1n) is 7.70. The van der Waals surface area contributed by atoms with Crippen molar-refractivity contribution in [3.8, 4) is 0 Å². The fourth-order valence-corrected chi connectivity index (χ4v) is 2.98. The molecule has 1 N–H and O–H groups in total. The number of hydrogen-bond acceptors (Lipinski definition) is 3. The summed E-state index contributed by atoms with van der Waals surface area (Å²) in [5.41, 5.74) is 1.41. The van der Waals surface area contributed by atoms with E-state index < -0.39 is 0 Å². The highest BCUT2D eigenvalue weighted by Gasteiger charge is 2.36. The normalized spacial score (nSPS) is 22.7. The van der Waals surface area contributed by atoms with Gasteiger partial charge in [0.05, 0.1) is 6.54 Å². The fraction of sp³-hybridized carbons (Fsp3) is 0.588. The first-order chi connectivity index (χ1) is 9.99. The highest BCUT2D eigenvalue weighted by Crippen LogP contribution is 2.29. The Labute approximate surface area is 128 Å². The average Bonchev–Trinajstić information content (AvgIpc) is 2.79. The summed E-state index contributed by atoms with van der Waals surface area (Å²) < 4.78 is 0. The van der Waals surface area contributed by atoms with Gasteiger partial charge in [0, 0.05) is 18.6 Å². The molecule has 0 spiro atoms. The van der Waals surface area contributed by atoms with Gasteiger partial charge in [0.25, 0.3) is 0 Å². The third-order valence-electron chi connectivity index (χ3n) is 4.25. The van der Waals surface area contributed by atoms with Crippen molar-refractivity contribution >= 4 is 5.91 Å². The van der Waals surface area contributed by atoms with E-state index in [4.69, 9.17) is 0 Å². The van der Waals surface area contributed by atoms with Crippen molar-refractivity contribution in [2.75, 3.05) is 33.7 Å².